The standard InChI is InChI=1S/C25H28BrN3O12/c1-12(30)37-11-19-21(38-13(2)31)22(39-14(3)32)23(40-15(4)33)24(41-19)29-25(35)28(20(34)9-27-29)10-16-6-7-18(36-5)17(26)8-16/h6-9,19,21-24H,10-11H2,1-5H3/t19-,21+,22-,23+,24-/m1/s1. The Hall–Kier alpha value is -4.05. The topological polar surface area (TPSA) is 181 Å². The van der Waals surface area contributed by atoms with Crippen LogP contribution in [0.25, 0.3) is 0 Å². The van der Waals surface area contributed by atoms with Crippen molar-refractivity contribution in [3.05, 3.63) is 55.3 Å². The van der Waals surface area contributed by atoms with Crippen molar-refractivity contribution in [1.29, 1.82) is 0 Å². The van der Waals surface area contributed by atoms with Crippen LogP contribution < -0.4 is 16.0 Å². The lowest BCUT2D eigenvalue weighted by atomic mass is 9.97. The summed E-state index contributed by atoms with van der Waals surface area (Å²) in [6, 6.07) is 4.95. The normalized spacial score (nSPS) is 21.9. The molecule has 1 aliphatic rings. The number of ether oxygens (including phenoxy) is 6. The number of methoxy groups -OCH3 is 1. The molecule has 2 heterocycles. The van der Waals surface area contributed by atoms with Gasteiger partial charge >= 0.3 is 29.6 Å². The highest BCUT2D eigenvalue weighted by atomic mass is 79.9. The van der Waals surface area contributed by atoms with Crippen LogP contribution in [-0.4, -0.2) is 76.4 Å². The van der Waals surface area contributed by atoms with Crippen LogP contribution in [0.4, 0.5) is 0 Å². The Morgan fingerprint density at radius 3 is 2.10 bits per heavy atom. The van der Waals surface area contributed by atoms with Gasteiger partial charge in [0.2, 0.25) is 0 Å². The van der Waals surface area contributed by atoms with E-state index in [0.717, 1.165) is 43.1 Å². The largest absolute Gasteiger partial charge is 0.496 e. The summed E-state index contributed by atoms with van der Waals surface area (Å²) >= 11 is 3.36. The summed E-state index contributed by atoms with van der Waals surface area (Å²) in [5, 5.41) is 3.90. The van der Waals surface area contributed by atoms with Gasteiger partial charge in [-0.15, -0.1) is 0 Å². The van der Waals surface area contributed by atoms with Crippen LogP contribution in [0.1, 0.15) is 39.5 Å². The Labute approximate surface area is 241 Å². The van der Waals surface area contributed by atoms with E-state index in [1.165, 1.54) is 7.11 Å². The second-order valence-corrected chi connectivity index (χ2v) is 9.71. The average molecular weight is 642 g/mol. The van der Waals surface area contributed by atoms with E-state index < -0.39 is 72.4 Å². The van der Waals surface area contributed by atoms with E-state index in [2.05, 4.69) is 21.0 Å². The zero-order valence-corrected chi connectivity index (χ0v) is 24.3. The van der Waals surface area contributed by atoms with Crippen LogP contribution in [0.3, 0.4) is 0 Å². The van der Waals surface area contributed by atoms with Crippen molar-refractivity contribution < 1.29 is 47.6 Å². The molecule has 0 aliphatic carbocycles. The summed E-state index contributed by atoms with van der Waals surface area (Å²) in [5.74, 6) is -2.67. The molecule has 0 N–H and O–H groups in total. The van der Waals surface area contributed by atoms with Gasteiger partial charge in [0.25, 0.3) is 5.56 Å². The van der Waals surface area contributed by atoms with Crippen molar-refractivity contribution in [2.75, 3.05) is 13.7 Å². The molecule has 41 heavy (non-hydrogen) atoms. The quantitative estimate of drug-likeness (QED) is 0.273. The maximum absolute atomic E-state index is 13.6. The van der Waals surface area contributed by atoms with E-state index in [-0.39, 0.29) is 6.54 Å². The molecular formula is C25H28BrN3O12. The van der Waals surface area contributed by atoms with Crippen LogP contribution in [-0.2, 0) is 49.4 Å². The fraction of sp³-hybridized carbons (Fsp3) is 0.480. The molecule has 0 unspecified atom stereocenters. The first-order valence-electron chi connectivity index (χ1n) is 12.1. The highest BCUT2D eigenvalue weighted by molar-refractivity contribution is 9.10. The van der Waals surface area contributed by atoms with Crippen molar-refractivity contribution >= 4 is 39.8 Å². The molecule has 1 aromatic carbocycles. The summed E-state index contributed by atoms with van der Waals surface area (Å²) in [6.45, 7) is 3.66. The van der Waals surface area contributed by atoms with Gasteiger partial charge in [0, 0.05) is 27.7 Å². The Bertz CT molecular complexity index is 1440. The van der Waals surface area contributed by atoms with Gasteiger partial charge in [0.05, 0.1) is 18.1 Å². The predicted molar refractivity (Wildman–Crippen MR) is 140 cm³/mol. The van der Waals surface area contributed by atoms with Crippen molar-refractivity contribution in [2.24, 2.45) is 0 Å². The van der Waals surface area contributed by atoms with Gasteiger partial charge in [0.15, 0.2) is 24.5 Å². The van der Waals surface area contributed by atoms with Crippen molar-refractivity contribution in [3.63, 3.8) is 0 Å². The summed E-state index contributed by atoms with van der Waals surface area (Å²) in [4.78, 5) is 74.0. The van der Waals surface area contributed by atoms with E-state index >= 15 is 0 Å². The van der Waals surface area contributed by atoms with E-state index in [9.17, 15) is 28.8 Å². The van der Waals surface area contributed by atoms with Crippen LogP contribution in [0, 0.1) is 0 Å². The molecule has 1 fully saturated rings. The molecule has 3 rings (SSSR count). The molecule has 0 amide bonds. The van der Waals surface area contributed by atoms with Gasteiger partial charge < -0.3 is 28.4 Å². The van der Waals surface area contributed by atoms with Gasteiger partial charge in [-0.2, -0.15) is 9.78 Å². The SMILES string of the molecule is COc1ccc(Cn2c(=O)cnn([C@@H]3O[C@H](COC(C)=O)[C@H](OC(C)=O)[C@@H](OC(C)=O)[C@@H]3OC(C)=O)c2=O)cc1Br. The number of hydrogen-bond acceptors (Lipinski definition) is 13. The van der Waals surface area contributed by atoms with Crippen molar-refractivity contribution in [2.45, 2.75) is 64.9 Å². The molecule has 0 spiro atoms. The highest BCUT2D eigenvalue weighted by Gasteiger charge is 2.53. The molecule has 0 bridgehead atoms. The smallest absolute Gasteiger partial charge is 0.350 e. The van der Waals surface area contributed by atoms with E-state index in [4.69, 9.17) is 28.4 Å². The molecule has 0 saturated carbocycles. The second-order valence-electron chi connectivity index (χ2n) is 8.85. The molecule has 2 aromatic rings. The third-order valence-electron chi connectivity index (χ3n) is 5.75. The fourth-order valence-corrected chi connectivity index (χ4v) is 4.75. The average Bonchev–Trinajstić information content (AvgIpc) is 2.87. The van der Waals surface area contributed by atoms with Crippen LogP contribution >= 0.6 is 15.9 Å². The van der Waals surface area contributed by atoms with Gasteiger partial charge in [-0.25, -0.2) is 4.79 Å². The number of halogens is 1. The zero-order valence-electron chi connectivity index (χ0n) is 22.7. The Balaban J connectivity index is 2.14. The number of carbonyl (C=O) groups excluding carboxylic acids is 4. The first-order valence-corrected chi connectivity index (χ1v) is 12.9. The van der Waals surface area contributed by atoms with Gasteiger partial charge in [0.1, 0.15) is 24.7 Å². The summed E-state index contributed by atoms with van der Waals surface area (Å²) < 4.78 is 34.5. The lowest BCUT2D eigenvalue weighted by Gasteiger charge is -2.44. The Morgan fingerprint density at radius 2 is 1.54 bits per heavy atom. The van der Waals surface area contributed by atoms with Gasteiger partial charge in [-0.1, -0.05) is 6.07 Å². The van der Waals surface area contributed by atoms with Gasteiger partial charge in [-0.3, -0.25) is 28.5 Å². The zero-order chi connectivity index (χ0) is 30.4. The van der Waals surface area contributed by atoms with Crippen LogP contribution in [0.5, 0.6) is 5.75 Å². The molecule has 1 saturated heterocycles. The first kappa shape index (κ1) is 31.5. The summed E-state index contributed by atoms with van der Waals surface area (Å²) in [7, 11) is 1.49. The number of esters is 4. The highest BCUT2D eigenvalue weighted by Crippen LogP contribution is 2.33. The van der Waals surface area contributed by atoms with E-state index in [1.807, 2.05) is 0 Å². The maximum atomic E-state index is 13.6. The van der Waals surface area contributed by atoms with Crippen LogP contribution in [0.2, 0.25) is 0 Å². The molecule has 1 aromatic heterocycles. The first-order chi connectivity index (χ1) is 19.3. The molecule has 15 nitrogen and oxygen atoms in total. The fourth-order valence-electron chi connectivity index (χ4n) is 4.16. The maximum Gasteiger partial charge on any atom is 0.350 e. The van der Waals surface area contributed by atoms with E-state index in [0.29, 0.717) is 15.8 Å². The lowest BCUT2D eigenvalue weighted by molar-refractivity contribution is -0.271. The minimum Gasteiger partial charge on any atom is -0.496 e. The number of aromatic nitrogens is 3. The number of hydrogen-bond donors (Lipinski definition) is 0. The van der Waals surface area contributed by atoms with Crippen LogP contribution in [0.15, 0.2) is 38.5 Å². The number of rotatable bonds is 9. The molecule has 0 radical (unpaired) electrons. The number of nitrogens with zero attached hydrogens (tertiary/aromatic N) is 3. The molecule has 16 heteroatoms. The summed E-state index contributed by atoms with van der Waals surface area (Å²) in [5.41, 5.74) is -1.16. The number of carbonyl (C=O) groups is 4. The minimum absolute atomic E-state index is 0.186. The lowest BCUT2D eigenvalue weighted by Crippen LogP contribution is -2.62. The van der Waals surface area contributed by atoms with Gasteiger partial charge in [-0.05, 0) is 33.6 Å². The second kappa shape index (κ2) is 13.5. The molecule has 222 valence electrons. The third-order valence-corrected chi connectivity index (χ3v) is 6.37. The van der Waals surface area contributed by atoms with Crippen molar-refractivity contribution in [1.82, 2.24) is 14.3 Å². The predicted octanol–water partition coefficient (Wildman–Crippen LogP) is 0.480. The van der Waals surface area contributed by atoms with E-state index in [1.54, 1.807) is 18.2 Å². The minimum atomic E-state index is -1.61. The molecular weight excluding hydrogens is 614 g/mol. The third kappa shape index (κ3) is 7.79. The Morgan fingerprint density at radius 1 is 0.927 bits per heavy atom. The molecule has 1 aliphatic heterocycles. The van der Waals surface area contributed by atoms with Crippen molar-refractivity contribution in [3.8, 4) is 5.75 Å². The monoisotopic (exact) mass is 641 g/mol. The Kier molecular flexibility index (Phi) is 10.4. The molecule has 5 atom stereocenters. The summed E-state index contributed by atoms with van der Waals surface area (Å²) in [6.07, 6.45) is -6.59. The number of benzene rings is 1.